The van der Waals surface area contributed by atoms with Gasteiger partial charge in [0.2, 0.25) is 0 Å². The maximum Gasteiger partial charge on any atom is 0.0328 e. The lowest BCUT2D eigenvalue weighted by molar-refractivity contribution is 1.02. The molecule has 0 spiro atoms. The number of nitrogens with two attached hydrogens (primary N) is 1. The van der Waals surface area contributed by atoms with Gasteiger partial charge < -0.3 is 11.1 Å². The summed E-state index contributed by atoms with van der Waals surface area (Å²) in [6, 6.07) is 0. The van der Waals surface area contributed by atoms with Crippen LogP contribution >= 0.6 is 0 Å². The van der Waals surface area contributed by atoms with Gasteiger partial charge in [0.25, 0.3) is 0 Å². The molecule has 0 bridgehead atoms. The Bertz CT molecular complexity index is 166. The van der Waals surface area contributed by atoms with E-state index in [0.717, 1.165) is 5.70 Å². The van der Waals surface area contributed by atoms with Crippen LogP contribution in [-0.2, 0) is 0 Å². The molecule has 0 rings (SSSR count). The lowest BCUT2D eigenvalue weighted by atomic mass is 10.3. The zero-order valence-electron chi connectivity index (χ0n) is 6.52. The summed E-state index contributed by atoms with van der Waals surface area (Å²) in [5.74, 6) is 0. The third-order valence-corrected chi connectivity index (χ3v) is 1.16. The molecule has 0 amide bonds. The van der Waals surface area contributed by atoms with E-state index in [0.29, 0.717) is 5.70 Å². The zero-order valence-corrected chi connectivity index (χ0v) is 6.52. The van der Waals surface area contributed by atoms with E-state index in [9.17, 15) is 0 Å². The molecule has 56 valence electrons. The standard InChI is InChI=1S/C8H14N2/c1-4-7(9)6-8(5-2)10-3/h4-6,10H,1,9H2,2-3H3/b7-6+,8-5+. The molecule has 0 aromatic heterocycles. The van der Waals surface area contributed by atoms with Gasteiger partial charge in [0.1, 0.15) is 0 Å². The third kappa shape index (κ3) is 2.97. The Morgan fingerprint density at radius 1 is 1.60 bits per heavy atom. The summed E-state index contributed by atoms with van der Waals surface area (Å²) in [6.07, 6.45) is 5.38. The van der Waals surface area contributed by atoms with E-state index in [1.165, 1.54) is 0 Å². The van der Waals surface area contributed by atoms with Crippen LogP contribution in [0, 0.1) is 0 Å². The Balaban J connectivity index is 4.22. The Hall–Kier alpha value is -1.18. The Labute approximate surface area is 62.1 Å². The van der Waals surface area contributed by atoms with Crippen molar-refractivity contribution in [3.05, 3.63) is 36.2 Å². The highest BCUT2D eigenvalue weighted by molar-refractivity contribution is 5.25. The molecule has 0 aliphatic carbocycles. The van der Waals surface area contributed by atoms with Gasteiger partial charge in [-0.2, -0.15) is 0 Å². The highest BCUT2D eigenvalue weighted by atomic mass is 14.8. The number of hydrogen-bond acceptors (Lipinski definition) is 2. The summed E-state index contributed by atoms with van der Waals surface area (Å²) in [6.45, 7) is 5.48. The molecule has 3 N–H and O–H groups in total. The molecule has 0 fully saturated rings. The van der Waals surface area contributed by atoms with Gasteiger partial charge in [-0.25, -0.2) is 0 Å². The van der Waals surface area contributed by atoms with Crippen LogP contribution in [0.15, 0.2) is 36.2 Å². The summed E-state index contributed by atoms with van der Waals surface area (Å²) >= 11 is 0. The second kappa shape index (κ2) is 4.68. The average molecular weight is 138 g/mol. The number of allylic oxidation sites excluding steroid dienone is 3. The van der Waals surface area contributed by atoms with Crippen LogP contribution in [0.1, 0.15) is 6.92 Å². The lowest BCUT2D eigenvalue weighted by Gasteiger charge is -1.98. The number of likely N-dealkylation sites (N-methyl/N-ethyl adjacent to an activating group) is 1. The minimum absolute atomic E-state index is 0.669. The van der Waals surface area contributed by atoms with Gasteiger partial charge in [-0.05, 0) is 19.1 Å². The van der Waals surface area contributed by atoms with Crippen LogP contribution in [0.5, 0.6) is 0 Å². The molecule has 0 aromatic carbocycles. The summed E-state index contributed by atoms with van der Waals surface area (Å²) in [5.41, 5.74) is 7.15. The molecular formula is C8H14N2. The fourth-order valence-corrected chi connectivity index (χ4v) is 0.538. The normalized spacial score (nSPS) is 13.0. The number of nitrogens with one attached hydrogen (secondary N) is 1. The van der Waals surface area contributed by atoms with E-state index in [-0.39, 0.29) is 0 Å². The van der Waals surface area contributed by atoms with Gasteiger partial charge in [0, 0.05) is 18.4 Å². The fraction of sp³-hybridized carbons (Fsp3) is 0.250. The van der Waals surface area contributed by atoms with E-state index in [2.05, 4.69) is 11.9 Å². The second-order valence-corrected chi connectivity index (χ2v) is 1.84. The largest absolute Gasteiger partial charge is 0.399 e. The van der Waals surface area contributed by atoms with E-state index in [1.54, 1.807) is 6.08 Å². The minimum atomic E-state index is 0.669. The number of hydrogen-bond donors (Lipinski definition) is 2. The van der Waals surface area contributed by atoms with Crippen molar-refractivity contribution in [1.82, 2.24) is 5.32 Å². The van der Waals surface area contributed by atoms with Gasteiger partial charge in [-0.3, -0.25) is 0 Å². The molecule has 2 heteroatoms. The predicted octanol–water partition coefficient (Wildman–Crippen LogP) is 1.14. The molecule has 0 radical (unpaired) electrons. The average Bonchev–Trinajstić information content (AvgIpc) is 1.99. The van der Waals surface area contributed by atoms with Crippen molar-refractivity contribution in [2.75, 3.05) is 7.05 Å². The molecule has 0 aliphatic rings. The van der Waals surface area contributed by atoms with Gasteiger partial charge in [0.15, 0.2) is 0 Å². The molecule has 0 saturated heterocycles. The van der Waals surface area contributed by atoms with E-state index in [1.807, 2.05) is 26.1 Å². The maximum atomic E-state index is 5.49. The van der Waals surface area contributed by atoms with Crippen LogP contribution in [-0.4, -0.2) is 7.05 Å². The van der Waals surface area contributed by atoms with Crippen molar-refractivity contribution in [3.8, 4) is 0 Å². The minimum Gasteiger partial charge on any atom is -0.399 e. The van der Waals surface area contributed by atoms with Gasteiger partial charge in [-0.1, -0.05) is 12.7 Å². The summed E-state index contributed by atoms with van der Waals surface area (Å²) < 4.78 is 0. The molecule has 2 nitrogen and oxygen atoms in total. The maximum absolute atomic E-state index is 5.49. The van der Waals surface area contributed by atoms with Crippen molar-refractivity contribution >= 4 is 0 Å². The van der Waals surface area contributed by atoms with Crippen LogP contribution < -0.4 is 11.1 Å². The first kappa shape index (κ1) is 8.82. The molecule has 0 aliphatic heterocycles. The zero-order chi connectivity index (χ0) is 7.98. The molecular weight excluding hydrogens is 124 g/mol. The first-order valence-electron chi connectivity index (χ1n) is 3.18. The molecule has 0 heterocycles. The first-order chi connectivity index (χ1) is 4.74. The second-order valence-electron chi connectivity index (χ2n) is 1.84. The van der Waals surface area contributed by atoms with Crippen molar-refractivity contribution in [3.63, 3.8) is 0 Å². The summed E-state index contributed by atoms with van der Waals surface area (Å²) in [4.78, 5) is 0. The van der Waals surface area contributed by atoms with E-state index in [4.69, 9.17) is 5.73 Å². The van der Waals surface area contributed by atoms with Crippen LogP contribution in [0.4, 0.5) is 0 Å². The van der Waals surface area contributed by atoms with Crippen molar-refractivity contribution < 1.29 is 0 Å². The quantitative estimate of drug-likeness (QED) is 0.574. The number of rotatable bonds is 3. The van der Waals surface area contributed by atoms with Crippen LogP contribution in [0.25, 0.3) is 0 Å². The Morgan fingerprint density at radius 2 is 2.20 bits per heavy atom. The van der Waals surface area contributed by atoms with E-state index >= 15 is 0 Å². The Kier molecular flexibility index (Phi) is 4.12. The predicted molar refractivity (Wildman–Crippen MR) is 45.3 cm³/mol. The van der Waals surface area contributed by atoms with Gasteiger partial charge >= 0.3 is 0 Å². The van der Waals surface area contributed by atoms with Crippen molar-refractivity contribution in [2.45, 2.75) is 6.92 Å². The first-order valence-corrected chi connectivity index (χ1v) is 3.18. The van der Waals surface area contributed by atoms with Crippen LogP contribution in [0.3, 0.4) is 0 Å². The molecule has 0 unspecified atom stereocenters. The van der Waals surface area contributed by atoms with Crippen LogP contribution in [0.2, 0.25) is 0 Å². The highest BCUT2D eigenvalue weighted by Gasteiger charge is 1.84. The van der Waals surface area contributed by atoms with Gasteiger partial charge in [-0.15, -0.1) is 0 Å². The molecule has 0 saturated carbocycles. The summed E-state index contributed by atoms with van der Waals surface area (Å²) in [7, 11) is 1.85. The smallest absolute Gasteiger partial charge is 0.0328 e. The SMILES string of the molecule is C=C/C(N)=C\C(=C/C)NC. The van der Waals surface area contributed by atoms with E-state index < -0.39 is 0 Å². The third-order valence-electron chi connectivity index (χ3n) is 1.16. The fourth-order valence-electron chi connectivity index (χ4n) is 0.538. The van der Waals surface area contributed by atoms with Crippen molar-refractivity contribution in [2.24, 2.45) is 5.73 Å². The molecule has 10 heavy (non-hydrogen) atoms. The Morgan fingerprint density at radius 3 is 2.50 bits per heavy atom. The monoisotopic (exact) mass is 138 g/mol. The topological polar surface area (TPSA) is 38.0 Å². The molecule has 0 atom stereocenters. The summed E-state index contributed by atoms with van der Waals surface area (Å²) in [5, 5.41) is 2.97. The van der Waals surface area contributed by atoms with Gasteiger partial charge in [0.05, 0.1) is 0 Å². The molecule has 0 aromatic rings. The van der Waals surface area contributed by atoms with Crippen molar-refractivity contribution in [1.29, 1.82) is 0 Å². The highest BCUT2D eigenvalue weighted by Crippen LogP contribution is 1.93. The lowest BCUT2D eigenvalue weighted by Crippen LogP contribution is -2.05.